The highest BCUT2D eigenvalue weighted by molar-refractivity contribution is 7.98. The van der Waals surface area contributed by atoms with Gasteiger partial charge in [-0.1, -0.05) is 11.8 Å². The SMILES string of the molecule is CSc1nccc(N2CCOC[C@@H](O)C2)n1. The summed E-state index contributed by atoms with van der Waals surface area (Å²) in [6, 6.07) is 1.86. The van der Waals surface area contributed by atoms with Crippen molar-refractivity contribution in [2.45, 2.75) is 11.3 Å². The number of aliphatic hydroxyl groups is 1. The van der Waals surface area contributed by atoms with Crippen molar-refractivity contribution in [1.82, 2.24) is 9.97 Å². The summed E-state index contributed by atoms with van der Waals surface area (Å²) in [4.78, 5) is 10.6. The van der Waals surface area contributed by atoms with Gasteiger partial charge in [-0.3, -0.25) is 0 Å². The van der Waals surface area contributed by atoms with Crippen LogP contribution in [0.25, 0.3) is 0 Å². The van der Waals surface area contributed by atoms with Gasteiger partial charge < -0.3 is 14.7 Å². The zero-order valence-electron chi connectivity index (χ0n) is 9.17. The van der Waals surface area contributed by atoms with Gasteiger partial charge in [-0.25, -0.2) is 9.97 Å². The van der Waals surface area contributed by atoms with Gasteiger partial charge in [0, 0.05) is 19.3 Å². The highest BCUT2D eigenvalue weighted by atomic mass is 32.2. The monoisotopic (exact) mass is 241 g/mol. The molecular formula is C10H15N3O2S. The van der Waals surface area contributed by atoms with Crippen molar-refractivity contribution in [2.75, 3.05) is 37.5 Å². The molecule has 0 radical (unpaired) electrons. The molecule has 1 saturated heterocycles. The van der Waals surface area contributed by atoms with Crippen LogP contribution in [-0.2, 0) is 4.74 Å². The second-order valence-corrected chi connectivity index (χ2v) is 4.35. The first-order valence-electron chi connectivity index (χ1n) is 5.17. The first-order chi connectivity index (χ1) is 7.79. The number of aromatic nitrogens is 2. The van der Waals surface area contributed by atoms with Crippen molar-refractivity contribution in [1.29, 1.82) is 0 Å². The number of nitrogens with zero attached hydrogens (tertiary/aromatic N) is 3. The fraction of sp³-hybridized carbons (Fsp3) is 0.600. The van der Waals surface area contributed by atoms with Gasteiger partial charge in [0.05, 0.1) is 19.3 Å². The Hall–Kier alpha value is -0.850. The van der Waals surface area contributed by atoms with Crippen molar-refractivity contribution in [3.05, 3.63) is 12.3 Å². The molecule has 0 amide bonds. The van der Waals surface area contributed by atoms with E-state index in [0.29, 0.717) is 19.8 Å². The average molecular weight is 241 g/mol. The van der Waals surface area contributed by atoms with E-state index in [1.165, 1.54) is 11.8 Å². The third kappa shape index (κ3) is 2.84. The van der Waals surface area contributed by atoms with E-state index in [-0.39, 0.29) is 0 Å². The van der Waals surface area contributed by atoms with Crippen LogP contribution in [0.5, 0.6) is 0 Å². The van der Waals surface area contributed by atoms with E-state index in [2.05, 4.69) is 9.97 Å². The number of thioether (sulfide) groups is 1. The zero-order chi connectivity index (χ0) is 11.4. The van der Waals surface area contributed by atoms with Crippen LogP contribution in [0, 0.1) is 0 Å². The standard InChI is InChI=1S/C10H15N3O2S/c1-16-10-11-3-2-9(12-10)13-4-5-15-7-8(14)6-13/h2-3,8,14H,4-7H2,1H3/t8-/m0/s1. The van der Waals surface area contributed by atoms with E-state index in [1.54, 1.807) is 6.20 Å². The molecule has 88 valence electrons. The molecule has 16 heavy (non-hydrogen) atoms. The fourth-order valence-corrected chi connectivity index (χ4v) is 1.96. The summed E-state index contributed by atoms with van der Waals surface area (Å²) in [5.74, 6) is 0.851. The lowest BCUT2D eigenvalue weighted by Gasteiger charge is -2.22. The van der Waals surface area contributed by atoms with E-state index < -0.39 is 6.10 Å². The van der Waals surface area contributed by atoms with Crippen molar-refractivity contribution in [3.8, 4) is 0 Å². The van der Waals surface area contributed by atoms with Crippen molar-refractivity contribution >= 4 is 17.6 Å². The topological polar surface area (TPSA) is 58.5 Å². The van der Waals surface area contributed by atoms with Crippen LogP contribution in [-0.4, -0.2) is 53.7 Å². The van der Waals surface area contributed by atoms with Crippen LogP contribution in [0.15, 0.2) is 17.4 Å². The van der Waals surface area contributed by atoms with Crippen LogP contribution >= 0.6 is 11.8 Å². The van der Waals surface area contributed by atoms with E-state index in [4.69, 9.17) is 4.74 Å². The summed E-state index contributed by atoms with van der Waals surface area (Å²) in [7, 11) is 0. The highest BCUT2D eigenvalue weighted by Crippen LogP contribution is 2.16. The first kappa shape index (κ1) is 11.6. The van der Waals surface area contributed by atoms with Gasteiger partial charge in [0.2, 0.25) is 0 Å². The molecule has 2 rings (SSSR count). The molecule has 1 aliphatic heterocycles. The Bertz CT molecular complexity index is 351. The molecule has 0 aliphatic carbocycles. The molecular weight excluding hydrogens is 226 g/mol. The fourth-order valence-electron chi connectivity index (χ4n) is 1.61. The molecule has 0 spiro atoms. The Kier molecular flexibility index (Phi) is 3.98. The molecule has 1 aliphatic rings. The summed E-state index contributed by atoms with van der Waals surface area (Å²) in [5, 5.41) is 10.4. The van der Waals surface area contributed by atoms with Crippen molar-refractivity contribution in [3.63, 3.8) is 0 Å². The maximum Gasteiger partial charge on any atom is 0.189 e. The minimum Gasteiger partial charge on any atom is -0.389 e. The number of ether oxygens (including phenoxy) is 1. The van der Waals surface area contributed by atoms with Gasteiger partial charge in [0.15, 0.2) is 5.16 Å². The Morgan fingerprint density at radius 1 is 1.62 bits per heavy atom. The number of hydrogen-bond donors (Lipinski definition) is 1. The van der Waals surface area contributed by atoms with Gasteiger partial charge in [-0.05, 0) is 12.3 Å². The molecule has 1 N–H and O–H groups in total. The number of β-amino-alcohol motifs (C(OH)–C–C–N with tert-alkyl or cyclic N) is 1. The quantitative estimate of drug-likeness (QED) is 0.597. The third-order valence-corrected chi connectivity index (χ3v) is 2.93. The van der Waals surface area contributed by atoms with E-state index in [1.807, 2.05) is 17.2 Å². The Morgan fingerprint density at radius 3 is 3.31 bits per heavy atom. The predicted octanol–water partition coefficient (Wildman–Crippen LogP) is 0.396. The largest absolute Gasteiger partial charge is 0.389 e. The second-order valence-electron chi connectivity index (χ2n) is 3.58. The lowest BCUT2D eigenvalue weighted by Crippen LogP contribution is -2.33. The molecule has 0 saturated carbocycles. The molecule has 1 fully saturated rings. The third-order valence-electron chi connectivity index (χ3n) is 2.37. The van der Waals surface area contributed by atoms with Gasteiger partial charge >= 0.3 is 0 Å². The smallest absolute Gasteiger partial charge is 0.189 e. The van der Waals surface area contributed by atoms with Crippen molar-refractivity contribution < 1.29 is 9.84 Å². The highest BCUT2D eigenvalue weighted by Gasteiger charge is 2.17. The summed E-state index contributed by atoms with van der Waals surface area (Å²) < 4.78 is 5.27. The molecule has 0 aromatic carbocycles. The predicted molar refractivity (Wildman–Crippen MR) is 62.9 cm³/mol. The zero-order valence-corrected chi connectivity index (χ0v) is 9.98. The van der Waals surface area contributed by atoms with Crippen molar-refractivity contribution in [2.24, 2.45) is 0 Å². The van der Waals surface area contributed by atoms with E-state index in [9.17, 15) is 5.11 Å². The molecule has 1 atom stereocenters. The summed E-state index contributed by atoms with van der Waals surface area (Å²) >= 11 is 1.51. The number of rotatable bonds is 2. The Balaban J connectivity index is 2.14. The summed E-state index contributed by atoms with van der Waals surface area (Å²) in [5.41, 5.74) is 0. The van der Waals surface area contributed by atoms with Gasteiger partial charge in [0.25, 0.3) is 0 Å². The maximum absolute atomic E-state index is 9.63. The van der Waals surface area contributed by atoms with Crippen LogP contribution < -0.4 is 4.90 Å². The van der Waals surface area contributed by atoms with Gasteiger partial charge in [-0.15, -0.1) is 0 Å². The van der Waals surface area contributed by atoms with E-state index >= 15 is 0 Å². The molecule has 6 heteroatoms. The number of hydrogen-bond acceptors (Lipinski definition) is 6. The Labute approximate surface area is 98.8 Å². The molecule has 1 aromatic heterocycles. The average Bonchev–Trinajstić information content (AvgIpc) is 2.54. The lowest BCUT2D eigenvalue weighted by molar-refractivity contribution is 0.0597. The lowest BCUT2D eigenvalue weighted by atomic mass is 10.3. The summed E-state index contributed by atoms with van der Waals surface area (Å²) in [6.07, 6.45) is 3.24. The molecule has 0 unspecified atom stereocenters. The van der Waals surface area contributed by atoms with Crippen LogP contribution in [0.4, 0.5) is 5.82 Å². The Morgan fingerprint density at radius 2 is 2.50 bits per heavy atom. The first-order valence-corrected chi connectivity index (χ1v) is 6.40. The summed E-state index contributed by atoms with van der Waals surface area (Å²) in [6.45, 7) is 2.33. The van der Waals surface area contributed by atoms with Crippen LogP contribution in [0.1, 0.15) is 0 Å². The van der Waals surface area contributed by atoms with Gasteiger partial charge in [-0.2, -0.15) is 0 Å². The number of aliphatic hydroxyl groups excluding tert-OH is 1. The molecule has 2 heterocycles. The maximum atomic E-state index is 9.63. The van der Waals surface area contributed by atoms with Crippen LogP contribution in [0.2, 0.25) is 0 Å². The van der Waals surface area contributed by atoms with Gasteiger partial charge in [0.1, 0.15) is 5.82 Å². The normalized spacial score (nSPS) is 21.9. The minimum atomic E-state index is -0.449. The second kappa shape index (κ2) is 5.47. The molecule has 1 aromatic rings. The number of anilines is 1. The molecule has 5 nitrogen and oxygen atoms in total. The molecule has 0 bridgehead atoms. The minimum absolute atomic E-state index is 0.400. The van der Waals surface area contributed by atoms with Crippen LogP contribution in [0.3, 0.4) is 0 Å². The van der Waals surface area contributed by atoms with E-state index in [0.717, 1.165) is 17.5 Å².